The second kappa shape index (κ2) is 6.69. The van der Waals surface area contributed by atoms with Crippen LogP contribution in [0.3, 0.4) is 0 Å². The molecule has 1 aliphatic carbocycles. The molecule has 1 fully saturated rings. The summed E-state index contributed by atoms with van der Waals surface area (Å²) in [5, 5.41) is 3.62. The Labute approximate surface area is 129 Å². The predicted molar refractivity (Wildman–Crippen MR) is 88.0 cm³/mol. The third-order valence-corrected chi connectivity index (χ3v) is 4.31. The van der Waals surface area contributed by atoms with E-state index in [2.05, 4.69) is 45.1 Å². The molecule has 2 atom stereocenters. The van der Waals surface area contributed by atoms with E-state index in [0.717, 1.165) is 24.5 Å². The molecule has 118 valence electrons. The van der Waals surface area contributed by atoms with Gasteiger partial charge >= 0.3 is 0 Å². The number of hydrogen-bond acceptors (Lipinski definition) is 3. The van der Waals surface area contributed by atoms with Gasteiger partial charge in [0.1, 0.15) is 5.75 Å². The van der Waals surface area contributed by atoms with Crippen LogP contribution in [0.15, 0.2) is 24.3 Å². The Morgan fingerprint density at radius 2 is 1.90 bits per heavy atom. The smallest absolute Gasteiger partial charge is 0.119 e. The SMILES string of the molecule is CCOc1ccc(NC2CC(OCC(C)C)C2(C)C)cc1. The fraction of sp³-hybridized carbons (Fsp3) is 0.667. The summed E-state index contributed by atoms with van der Waals surface area (Å²) in [6.07, 6.45) is 1.44. The van der Waals surface area contributed by atoms with Gasteiger partial charge in [-0.15, -0.1) is 0 Å². The average Bonchev–Trinajstić information content (AvgIpc) is 2.43. The molecule has 0 radical (unpaired) electrons. The van der Waals surface area contributed by atoms with Crippen LogP contribution in [0.25, 0.3) is 0 Å². The normalized spacial score (nSPS) is 23.7. The summed E-state index contributed by atoms with van der Waals surface area (Å²) in [5.74, 6) is 1.52. The van der Waals surface area contributed by atoms with Gasteiger partial charge < -0.3 is 14.8 Å². The molecule has 0 spiro atoms. The van der Waals surface area contributed by atoms with Crippen LogP contribution < -0.4 is 10.1 Å². The van der Waals surface area contributed by atoms with Gasteiger partial charge in [0, 0.05) is 23.8 Å². The first kappa shape index (κ1) is 16.2. The minimum absolute atomic E-state index is 0.174. The van der Waals surface area contributed by atoms with Crippen molar-refractivity contribution in [2.24, 2.45) is 11.3 Å². The van der Waals surface area contributed by atoms with Crippen molar-refractivity contribution < 1.29 is 9.47 Å². The quantitative estimate of drug-likeness (QED) is 0.810. The van der Waals surface area contributed by atoms with Gasteiger partial charge in [-0.25, -0.2) is 0 Å². The van der Waals surface area contributed by atoms with Gasteiger partial charge in [-0.2, -0.15) is 0 Å². The van der Waals surface area contributed by atoms with Crippen LogP contribution in [0.1, 0.15) is 41.0 Å². The largest absolute Gasteiger partial charge is 0.494 e. The van der Waals surface area contributed by atoms with Crippen molar-refractivity contribution in [2.75, 3.05) is 18.5 Å². The summed E-state index contributed by atoms with van der Waals surface area (Å²) < 4.78 is 11.5. The van der Waals surface area contributed by atoms with Crippen LogP contribution in [0.4, 0.5) is 5.69 Å². The third kappa shape index (κ3) is 3.91. The van der Waals surface area contributed by atoms with Gasteiger partial charge in [0.15, 0.2) is 0 Å². The molecular formula is C18H29NO2. The van der Waals surface area contributed by atoms with E-state index in [0.29, 0.717) is 24.7 Å². The Hall–Kier alpha value is -1.22. The molecule has 1 N–H and O–H groups in total. The molecule has 0 heterocycles. The number of rotatable bonds is 7. The second-order valence-electron chi connectivity index (χ2n) is 6.93. The van der Waals surface area contributed by atoms with Gasteiger partial charge in [0.25, 0.3) is 0 Å². The Morgan fingerprint density at radius 3 is 2.43 bits per heavy atom. The Kier molecular flexibility index (Phi) is 5.15. The van der Waals surface area contributed by atoms with Crippen molar-refractivity contribution in [1.29, 1.82) is 0 Å². The van der Waals surface area contributed by atoms with Crippen molar-refractivity contribution in [3.05, 3.63) is 24.3 Å². The molecule has 1 saturated carbocycles. The highest BCUT2D eigenvalue weighted by Gasteiger charge is 2.49. The summed E-state index contributed by atoms with van der Waals surface area (Å²) >= 11 is 0. The summed E-state index contributed by atoms with van der Waals surface area (Å²) in [6, 6.07) is 8.67. The molecule has 0 bridgehead atoms. The highest BCUT2D eigenvalue weighted by molar-refractivity contribution is 5.48. The Bertz CT molecular complexity index is 439. The number of nitrogens with one attached hydrogen (secondary N) is 1. The lowest BCUT2D eigenvalue weighted by atomic mass is 9.64. The van der Waals surface area contributed by atoms with E-state index in [1.165, 1.54) is 0 Å². The van der Waals surface area contributed by atoms with E-state index >= 15 is 0 Å². The molecule has 1 aromatic carbocycles. The number of hydrogen-bond donors (Lipinski definition) is 1. The lowest BCUT2D eigenvalue weighted by Crippen LogP contribution is -2.58. The zero-order valence-corrected chi connectivity index (χ0v) is 14.0. The topological polar surface area (TPSA) is 30.5 Å². The molecule has 0 aliphatic heterocycles. The summed E-state index contributed by atoms with van der Waals surface area (Å²) in [7, 11) is 0. The van der Waals surface area contributed by atoms with Gasteiger partial charge in [-0.05, 0) is 43.5 Å². The number of benzene rings is 1. The maximum absolute atomic E-state index is 6.01. The number of anilines is 1. The van der Waals surface area contributed by atoms with Crippen molar-refractivity contribution in [3.8, 4) is 5.75 Å². The van der Waals surface area contributed by atoms with Gasteiger partial charge in [-0.3, -0.25) is 0 Å². The van der Waals surface area contributed by atoms with Crippen LogP contribution in [-0.2, 0) is 4.74 Å². The lowest BCUT2D eigenvalue weighted by Gasteiger charge is -2.52. The van der Waals surface area contributed by atoms with Gasteiger partial charge in [-0.1, -0.05) is 27.7 Å². The van der Waals surface area contributed by atoms with E-state index in [1.807, 2.05) is 19.1 Å². The first-order valence-corrected chi connectivity index (χ1v) is 8.04. The van der Waals surface area contributed by atoms with E-state index < -0.39 is 0 Å². The van der Waals surface area contributed by atoms with E-state index in [9.17, 15) is 0 Å². The molecule has 0 amide bonds. The summed E-state index contributed by atoms with van der Waals surface area (Å²) in [5.41, 5.74) is 1.33. The zero-order valence-electron chi connectivity index (χ0n) is 14.0. The molecule has 0 aromatic heterocycles. The molecule has 3 heteroatoms. The summed E-state index contributed by atoms with van der Waals surface area (Å²) in [4.78, 5) is 0. The lowest BCUT2D eigenvalue weighted by molar-refractivity contribution is -0.108. The molecule has 1 aliphatic rings. The average molecular weight is 291 g/mol. The van der Waals surface area contributed by atoms with Crippen LogP contribution in [0.2, 0.25) is 0 Å². The monoisotopic (exact) mass is 291 g/mol. The minimum Gasteiger partial charge on any atom is -0.494 e. The summed E-state index contributed by atoms with van der Waals surface area (Å²) in [6.45, 7) is 12.5. The van der Waals surface area contributed by atoms with Crippen molar-refractivity contribution in [1.82, 2.24) is 0 Å². The molecule has 3 nitrogen and oxygen atoms in total. The predicted octanol–water partition coefficient (Wildman–Crippen LogP) is 4.34. The van der Waals surface area contributed by atoms with Crippen LogP contribution >= 0.6 is 0 Å². The maximum Gasteiger partial charge on any atom is 0.119 e. The zero-order chi connectivity index (χ0) is 15.5. The second-order valence-corrected chi connectivity index (χ2v) is 6.93. The Balaban J connectivity index is 1.86. The highest BCUT2D eigenvalue weighted by Crippen LogP contribution is 2.44. The molecule has 2 unspecified atom stereocenters. The first-order chi connectivity index (χ1) is 9.93. The molecule has 21 heavy (non-hydrogen) atoms. The molecule has 2 rings (SSSR count). The maximum atomic E-state index is 6.01. The van der Waals surface area contributed by atoms with Crippen molar-refractivity contribution in [2.45, 2.75) is 53.2 Å². The molecule has 0 saturated heterocycles. The fourth-order valence-electron chi connectivity index (χ4n) is 2.74. The third-order valence-electron chi connectivity index (χ3n) is 4.31. The first-order valence-electron chi connectivity index (χ1n) is 8.04. The van der Waals surface area contributed by atoms with Crippen molar-refractivity contribution >= 4 is 5.69 Å². The fourth-order valence-corrected chi connectivity index (χ4v) is 2.74. The van der Waals surface area contributed by atoms with Gasteiger partial charge in [0.2, 0.25) is 0 Å². The van der Waals surface area contributed by atoms with Crippen LogP contribution in [-0.4, -0.2) is 25.4 Å². The van der Waals surface area contributed by atoms with Crippen LogP contribution in [0.5, 0.6) is 5.75 Å². The number of ether oxygens (including phenoxy) is 2. The molecular weight excluding hydrogens is 262 g/mol. The standard InChI is InChI=1S/C18H29NO2/c1-6-20-15-9-7-14(8-10-15)19-16-11-17(18(16,4)5)21-12-13(2)3/h7-10,13,16-17,19H,6,11-12H2,1-5H3. The van der Waals surface area contributed by atoms with Gasteiger partial charge in [0.05, 0.1) is 12.7 Å². The van der Waals surface area contributed by atoms with E-state index in [4.69, 9.17) is 9.47 Å². The van der Waals surface area contributed by atoms with E-state index in [-0.39, 0.29) is 5.41 Å². The molecule has 1 aromatic rings. The van der Waals surface area contributed by atoms with E-state index in [1.54, 1.807) is 0 Å². The highest BCUT2D eigenvalue weighted by atomic mass is 16.5. The van der Waals surface area contributed by atoms with Crippen molar-refractivity contribution in [3.63, 3.8) is 0 Å². The van der Waals surface area contributed by atoms with Crippen LogP contribution in [0, 0.1) is 11.3 Å². The minimum atomic E-state index is 0.174. The Morgan fingerprint density at radius 1 is 1.24 bits per heavy atom.